The van der Waals surface area contributed by atoms with E-state index in [1.165, 1.54) is 12.1 Å². The van der Waals surface area contributed by atoms with Crippen molar-refractivity contribution < 1.29 is 14.5 Å². The number of carbonyl (C=O) groups is 2. The van der Waals surface area contributed by atoms with Crippen LogP contribution in [0.25, 0.3) is 0 Å². The molecule has 0 atom stereocenters. The SMILES string of the molecule is CNc1ccc(C(=O)NCC(=O)Nc2c(C)nn(C)c2C)cc1[N+](=O)[O-]. The largest absolute Gasteiger partial charge is 0.383 e. The third-order valence-corrected chi connectivity index (χ3v) is 3.91. The number of aromatic nitrogens is 2. The summed E-state index contributed by atoms with van der Waals surface area (Å²) in [6.07, 6.45) is 0. The van der Waals surface area contributed by atoms with Crippen LogP contribution in [0.3, 0.4) is 0 Å². The summed E-state index contributed by atoms with van der Waals surface area (Å²) in [4.78, 5) is 34.7. The van der Waals surface area contributed by atoms with Gasteiger partial charge in [0.1, 0.15) is 5.69 Å². The zero-order valence-corrected chi connectivity index (χ0v) is 14.9. The fourth-order valence-corrected chi connectivity index (χ4v) is 2.44. The number of nitrogens with one attached hydrogen (secondary N) is 3. The van der Waals surface area contributed by atoms with Crippen LogP contribution in [-0.4, -0.2) is 40.1 Å². The average molecular weight is 360 g/mol. The Hall–Kier alpha value is -3.43. The van der Waals surface area contributed by atoms with Crippen molar-refractivity contribution in [1.82, 2.24) is 15.1 Å². The molecular formula is C16H20N6O4. The molecule has 0 unspecified atom stereocenters. The van der Waals surface area contributed by atoms with Crippen LogP contribution in [0.4, 0.5) is 17.1 Å². The molecule has 1 aromatic carbocycles. The number of rotatable bonds is 6. The van der Waals surface area contributed by atoms with E-state index in [9.17, 15) is 19.7 Å². The minimum absolute atomic E-state index is 0.0947. The number of amides is 2. The van der Waals surface area contributed by atoms with Gasteiger partial charge >= 0.3 is 0 Å². The van der Waals surface area contributed by atoms with Gasteiger partial charge in [-0.15, -0.1) is 0 Å². The molecule has 1 heterocycles. The minimum atomic E-state index is -0.580. The number of nitro benzene ring substituents is 1. The molecule has 0 saturated heterocycles. The molecule has 0 spiro atoms. The molecule has 2 rings (SSSR count). The molecule has 0 bridgehead atoms. The Morgan fingerprint density at radius 3 is 2.54 bits per heavy atom. The summed E-state index contributed by atoms with van der Waals surface area (Å²) < 4.78 is 1.64. The average Bonchev–Trinajstić information content (AvgIpc) is 2.85. The summed E-state index contributed by atoms with van der Waals surface area (Å²) in [5.41, 5.74) is 2.24. The molecule has 0 aliphatic heterocycles. The maximum atomic E-state index is 12.2. The Labute approximate surface area is 149 Å². The lowest BCUT2D eigenvalue weighted by molar-refractivity contribution is -0.384. The third-order valence-electron chi connectivity index (χ3n) is 3.91. The van der Waals surface area contributed by atoms with Gasteiger partial charge in [0.05, 0.1) is 28.5 Å². The first-order valence-electron chi connectivity index (χ1n) is 7.79. The standard InChI is InChI=1S/C16H20N6O4/c1-9-15(10(2)21(4)20-9)19-14(23)8-18-16(24)11-5-6-12(17-3)13(7-11)22(25)26/h5-7,17H,8H2,1-4H3,(H,18,24)(H,19,23). The summed E-state index contributed by atoms with van der Waals surface area (Å²) in [6.45, 7) is 3.31. The molecule has 26 heavy (non-hydrogen) atoms. The summed E-state index contributed by atoms with van der Waals surface area (Å²) in [6, 6.07) is 4.05. The summed E-state index contributed by atoms with van der Waals surface area (Å²) in [5.74, 6) is -0.996. The molecule has 1 aromatic heterocycles. The Kier molecular flexibility index (Phi) is 5.55. The maximum absolute atomic E-state index is 12.2. The predicted octanol–water partition coefficient (Wildman–Crippen LogP) is 1.36. The minimum Gasteiger partial charge on any atom is -0.383 e. The predicted molar refractivity (Wildman–Crippen MR) is 96.3 cm³/mol. The Balaban J connectivity index is 2.03. The fraction of sp³-hybridized carbons (Fsp3) is 0.312. The van der Waals surface area contributed by atoms with Crippen molar-refractivity contribution in [2.24, 2.45) is 7.05 Å². The van der Waals surface area contributed by atoms with E-state index in [4.69, 9.17) is 0 Å². The molecule has 0 aliphatic carbocycles. The molecule has 2 amide bonds. The number of carbonyl (C=O) groups excluding carboxylic acids is 2. The zero-order valence-electron chi connectivity index (χ0n) is 14.9. The van der Waals surface area contributed by atoms with E-state index in [2.05, 4.69) is 21.0 Å². The Bertz CT molecular complexity index is 874. The van der Waals surface area contributed by atoms with Gasteiger partial charge in [-0.2, -0.15) is 5.10 Å². The lowest BCUT2D eigenvalue weighted by Crippen LogP contribution is -2.33. The van der Waals surface area contributed by atoms with Crippen LogP contribution in [0.5, 0.6) is 0 Å². The van der Waals surface area contributed by atoms with Crippen molar-refractivity contribution in [2.45, 2.75) is 13.8 Å². The summed E-state index contributed by atoms with van der Waals surface area (Å²) >= 11 is 0. The second-order valence-corrected chi connectivity index (χ2v) is 5.64. The number of benzene rings is 1. The molecular weight excluding hydrogens is 340 g/mol. The lowest BCUT2D eigenvalue weighted by Gasteiger charge is -2.08. The summed E-state index contributed by atoms with van der Waals surface area (Å²) in [5, 5.41) is 23.1. The van der Waals surface area contributed by atoms with Gasteiger partial charge in [-0.05, 0) is 26.0 Å². The molecule has 10 nitrogen and oxygen atoms in total. The van der Waals surface area contributed by atoms with Gasteiger partial charge in [0.15, 0.2) is 0 Å². The highest BCUT2D eigenvalue weighted by molar-refractivity contribution is 6.00. The quantitative estimate of drug-likeness (QED) is 0.526. The van der Waals surface area contributed by atoms with Crippen molar-refractivity contribution in [3.8, 4) is 0 Å². The molecule has 3 N–H and O–H groups in total. The van der Waals surface area contributed by atoms with Gasteiger partial charge in [0.25, 0.3) is 11.6 Å². The molecule has 0 radical (unpaired) electrons. The molecule has 138 valence electrons. The summed E-state index contributed by atoms with van der Waals surface area (Å²) in [7, 11) is 3.32. The molecule has 0 aliphatic rings. The second kappa shape index (κ2) is 7.64. The van der Waals surface area contributed by atoms with Gasteiger partial charge in [-0.25, -0.2) is 0 Å². The van der Waals surface area contributed by atoms with E-state index >= 15 is 0 Å². The van der Waals surface area contributed by atoms with Crippen LogP contribution >= 0.6 is 0 Å². The number of anilines is 2. The highest BCUT2D eigenvalue weighted by atomic mass is 16.6. The van der Waals surface area contributed by atoms with Gasteiger partial charge in [-0.1, -0.05) is 0 Å². The normalized spacial score (nSPS) is 10.3. The van der Waals surface area contributed by atoms with E-state index < -0.39 is 16.7 Å². The maximum Gasteiger partial charge on any atom is 0.293 e. The van der Waals surface area contributed by atoms with E-state index in [0.29, 0.717) is 17.1 Å². The van der Waals surface area contributed by atoms with E-state index in [1.54, 1.807) is 25.7 Å². The first-order valence-corrected chi connectivity index (χ1v) is 7.79. The first-order chi connectivity index (χ1) is 12.2. The smallest absolute Gasteiger partial charge is 0.293 e. The van der Waals surface area contributed by atoms with E-state index in [1.807, 2.05) is 6.92 Å². The highest BCUT2D eigenvalue weighted by Gasteiger charge is 2.18. The van der Waals surface area contributed by atoms with Crippen molar-refractivity contribution in [3.63, 3.8) is 0 Å². The molecule has 2 aromatic rings. The topological polar surface area (TPSA) is 131 Å². The van der Waals surface area contributed by atoms with Crippen LogP contribution in [0.15, 0.2) is 18.2 Å². The highest BCUT2D eigenvalue weighted by Crippen LogP contribution is 2.25. The number of hydrogen-bond donors (Lipinski definition) is 3. The first kappa shape index (κ1) is 18.9. The molecule has 0 saturated carbocycles. The third kappa shape index (κ3) is 3.97. The van der Waals surface area contributed by atoms with E-state index in [-0.39, 0.29) is 17.8 Å². The number of nitrogens with zero attached hydrogens (tertiary/aromatic N) is 3. The van der Waals surface area contributed by atoms with Crippen molar-refractivity contribution in [2.75, 3.05) is 24.2 Å². The van der Waals surface area contributed by atoms with Crippen LogP contribution in [0.2, 0.25) is 0 Å². The number of nitro groups is 1. The van der Waals surface area contributed by atoms with Crippen molar-refractivity contribution >= 4 is 28.9 Å². The fourth-order valence-electron chi connectivity index (χ4n) is 2.44. The monoisotopic (exact) mass is 360 g/mol. The van der Waals surface area contributed by atoms with Gasteiger partial charge in [0, 0.05) is 25.7 Å². The Morgan fingerprint density at radius 1 is 1.31 bits per heavy atom. The Morgan fingerprint density at radius 2 is 2.00 bits per heavy atom. The second-order valence-electron chi connectivity index (χ2n) is 5.64. The molecule has 0 fully saturated rings. The zero-order chi connectivity index (χ0) is 19.4. The van der Waals surface area contributed by atoms with Crippen LogP contribution in [0.1, 0.15) is 21.7 Å². The number of aryl methyl sites for hydroxylation is 2. The van der Waals surface area contributed by atoms with E-state index in [0.717, 1.165) is 11.8 Å². The van der Waals surface area contributed by atoms with Crippen molar-refractivity contribution in [3.05, 3.63) is 45.3 Å². The van der Waals surface area contributed by atoms with Crippen LogP contribution in [-0.2, 0) is 11.8 Å². The van der Waals surface area contributed by atoms with Crippen LogP contribution < -0.4 is 16.0 Å². The van der Waals surface area contributed by atoms with Gasteiger partial charge in [-0.3, -0.25) is 24.4 Å². The van der Waals surface area contributed by atoms with Crippen molar-refractivity contribution in [1.29, 1.82) is 0 Å². The van der Waals surface area contributed by atoms with Gasteiger partial charge in [0.2, 0.25) is 5.91 Å². The number of hydrogen-bond acceptors (Lipinski definition) is 6. The molecule has 10 heteroatoms. The van der Waals surface area contributed by atoms with Gasteiger partial charge < -0.3 is 16.0 Å². The lowest BCUT2D eigenvalue weighted by atomic mass is 10.1. The van der Waals surface area contributed by atoms with Crippen LogP contribution in [0, 0.1) is 24.0 Å².